The Morgan fingerprint density at radius 2 is 1.79 bits per heavy atom. The van der Waals surface area contributed by atoms with E-state index < -0.39 is 40.8 Å². The molecular weight excluding hydrogens is 374 g/mol. The lowest BCUT2D eigenvalue weighted by Crippen LogP contribution is -2.62. The summed E-state index contributed by atoms with van der Waals surface area (Å²) in [5.74, 6) is -3.86. The average molecular weight is 399 g/mol. The van der Waals surface area contributed by atoms with Gasteiger partial charge in [0.2, 0.25) is 5.78 Å². The van der Waals surface area contributed by atoms with Crippen LogP contribution in [-0.4, -0.2) is 62.6 Å². The number of carbonyl (C=O) groups excluding carboxylic acids is 2. The highest BCUT2D eigenvalue weighted by Gasteiger charge is 2.62. The molecule has 29 heavy (non-hydrogen) atoms. The van der Waals surface area contributed by atoms with Crippen LogP contribution in [0, 0.1) is 11.8 Å². The minimum atomic E-state index is -2.30. The third kappa shape index (κ3) is 2.31. The van der Waals surface area contributed by atoms with E-state index in [-0.39, 0.29) is 40.6 Å². The third-order valence-electron chi connectivity index (χ3n) is 6.96. The molecule has 0 radical (unpaired) electrons. The van der Waals surface area contributed by atoms with Crippen molar-refractivity contribution in [3.05, 3.63) is 52.0 Å². The summed E-state index contributed by atoms with van der Waals surface area (Å²) in [6, 6.07) is 4.15. The Bertz CT molecular complexity index is 1010. The highest BCUT2D eigenvalue weighted by atomic mass is 16.3. The Morgan fingerprint density at radius 3 is 2.41 bits per heavy atom. The van der Waals surface area contributed by atoms with Crippen LogP contribution in [0.1, 0.15) is 42.1 Å². The van der Waals surface area contributed by atoms with E-state index in [0.29, 0.717) is 5.56 Å². The van der Waals surface area contributed by atoms with Crippen LogP contribution >= 0.6 is 0 Å². The number of nitrogens with zero attached hydrogens (tertiary/aromatic N) is 1. The van der Waals surface area contributed by atoms with Crippen LogP contribution in [0.4, 0.5) is 0 Å². The zero-order valence-corrected chi connectivity index (χ0v) is 16.8. The molecule has 154 valence electrons. The summed E-state index contributed by atoms with van der Waals surface area (Å²) in [7, 11) is 3.45. The lowest BCUT2D eigenvalue weighted by Gasteiger charge is -2.51. The van der Waals surface area contributed by atoms with Gasteiger partial charge in [-0.3, -0.25) is 14.5 Å². The van der Waals surface area contributed by atoms with Crippen LogP contribution in [0.2, 0.25) is 0 Å². The molecule has 7 nitrogen and oxygen atoms in total. The molecule has 4 N–H and O–H groups in total. The summed E-state index contributed by atoms with van der Waals surface area (Å²) in [5, 5.41) is 43.5. The third-order valence-corrected chi connectivity index (χ3v) is 6.96. The fourth-order valence-electron chi connectivity index (χ4n) is 5.44. The maximum Gasteiger partial charge on any atom is 0.201 e. The second kappa shape index (κ2) is 6.18. The van der Waals surface area contributed by atoms with E-state index in [1.807, 2.05) is 6.92 Å². The lowest BCUT2D eigenvalue weighted by atomic mass is 9.57. The van der Waals surface area contributed by atoms with Gasteiger partial charge in [0.15, 0.2) is 11.4 Å². The molecule has 4 rings (SSSR count). The second-order valence-corrected chi connectivity index (χ2v) is 8.58. The molecule has 0 heterocycles. The van der Waals surface area contributed by atoms with Crippen molar-refractivity contribution in [2.24, 2.45) is 11.8 Å². The van der Waals surface area contributed by atoms with Crippen LogP contribution in [0.25, 0.3) is 0 Å². The van der Waals surface area contributed by atoms with Gasteiger partial charge in [0.25, 0.3) is 0 Å². The summed E-state index contributed by atoms with van der Waals surface area (Å²) in [6.07, 6.45) is 0.226. The molecule has 3 aliphatic rings. The number of fused-ring (bicyclic) bond motifs is 3. The van der Waals surface area contributed by atoms with Gasteiger partial charge in [0, 0.05) is 17.1 Å². The van der Waals surface area contributed by atoms with Crippen molar-refractivity contribution in [1.29, 1.82) is 0 Å². The first kappa shape index (κ1) is 19.7. The molecule has 0 saturated carbocycles. The van der Waals surface area contributed by atoms with Crippen molar-refractivity contribution in [2.45, 2.75) is 37.8 Å². The molecule has 0 spiro atoms. The van der Waals surface area contributed by atoms with E-state index >= 15 is 0 Å². The summed E-state index contributed by atoms with van der Waals surface area (Å²) in [4.78, 5) is 27.9. The quantitative estimate of drug-likeness (QED) is 0.572. The molecule has 0 bridgehead atoms. The highest BCUT2D eigenvalue weighted by molar-refractivity contribution is 6.15. The number of phenols is 1. The topological polar surface area (TPSA) is 118 Å². The van der Waals surface area contributed by atoms with Gasteiger partial charge in [0.1, 0.15) is 17.3 Å². The summed E-state index contributed by atoms with van der Waals surface area (Å²) in [5.41, 5.74) is -1.59. The molecule has 3 aliphatic carbocycles. The molecule has 0 saturated heterocycles. The predicted octanol–water partition coefficient (Wildman–Crippen LogP) is 2.22. The van der Waals surface area contributed by atoms with E-state index in [1.54, 1.807) is 31.1 Å². The Labute approximate surface area is 168 Å². The van der Waals surface area contributed by atoms with Crippen LogP contribution in [-0.2, 0) is 4.79 Å². The Hall–Kier alpha value is -2.64. The van der Waals surface area contributed by atoms with E-state index in [1.165, 1.54) is 13.0 Å². The number of ketones is 2. The molecule has 0 unspecified atom stereocenters. The number of aliphatic hydroxyl groups is 3. The number of rotatable bonds is 1. The zero-order valence-electron chi connectivity index (χ0n) is 16.8. The smallest absolute Gasteiger partial charge is 0.201 e. The van der Waals surface area contributed by atoms with Crippen LogP contribution in [0.5, 0.6) is 5.75 Å². The number of hydrogen-bond donors (Lipinski definition) is 4. The van der Waals surface area contributed by atoms with Crippen molar-refractivity contribution in [2.75, 3.05) is 14.1 Å². The molecule has 5 atom stereocenters. The average Bonchev–Trinajstić information content (AvgIpc) is 2.66. The van der Waals surface area contributed by atoms with Crippen LogP contribution < -0.4 is 0 Å². The van der Waals surface area contributed by atoms with Gasteiger partial charge >= 0.3 is 0 Å². The molecule has 1 aromatic rings. The first-order chi connectivity index (χ1) is 13.5. The number of likely N-dealkylation sites (N-methyl/N-ethyl adjacent to an activating group) is 1. The van der Waals surface area contributed by atoms with Crippen molar-refractivity contribution in [3.63, 3.8) is 0 Å². The molecule has 0 aliphatic heterocycles. The first-order valence-electron chi connectivity index (χ1n) is 9.66. The molecule has 0 amide bonds. The van der Waals surface area contributed by atoms with Crippen molar-refractivity contribution in [3.8, 4) is 5.75 Å². The van der Waals surface area contributed by atoms with Gasteiger partial charge in [-0.05, 0) is 50.9 Å². The van der Waals surface area contributed by atoms with Gasteiger partial charge in [-0.25, -0.2) is 0 Å². The maximum atomic E-state index is 13.2. The van der Waals surface area contributed by atoms with Gasteiger partial charge in [-0.1, -0.05) is 19.1 Å². The van der Waals surface area contributed by atoms with Crippen molar-refractivity contribution in [1.82, 2.24) is 4.90 Å². The lowest BCUT2D eigenvalue weighted by molar-refractivity contribution is -0.147. The van der Waals surface area contributed by atoms with Gasteiger partial charge in [-0.2, -0.15) is 0 Å². The SMILES string of the molecule is CC1=C(O)[C@@H](N(C)C)[C@@H]2C[C@H]3C(=C(O)[C@]2(O)C1=O)C(=O)c1c(O)cccc1[C@@H]3C. The summed E-state index contributed by atoms with van der Waals surface area (Å²) < 4.78 is 0. The molecular formula is C22H25NO6. The minimum absolute atomic E-state index is 0.0229. The number of aromatic hydroxyl groups is 1. The zero-order chi connectivity index (χ0) is 21.4. The molecule has 0 fully saturated rings. The van der Waals surface area contributed by atoms with Gasteiger partial charge < -0.3 is 20.4 Å². The Kier molecular flexibility index (Phi) is 4.19. The van der Waals surface area contributed by atoms with Crippen molar-refractivity contribution < 1.29 is 30.0 Å². The fraction of sp³-hybridized carbons (Fsp3) is 0.455. The minimum Gasteiger partial charge on any atom is -0.510 e. The monoisotopic (exact) mass is 399 g/mol. The van der Waals surface area contributed by atoms with Gasteiger partial charge in [-0.15, -0.1) is 0 Å². The van der Waals surface area contributed by atoms with Gasteiger partial charge in [0.05, 0.1) is 11.6 Å². The number of allylic oxidation sites excluding steroid dienone is 1. The van der Waals surface area contributed by atoms with Crippen LogP contribution in [0.15, 0.2) is 40.9 Å². The number of aliphatic hydroxyl groups excluding tert-OH is 2. The highest BCUT2D eigenvalue weighted by Crippen LogP contribution is 2.55. The standard InChI is InChI=1S/C22H25NO6/c1-9-11-6-5-7-14(24)15(11)19(26)16-12(9)8-13-17(23(3)4)18(25)10(2)20(27)22(13,29)21(16)28/h5-7,9,12-13,17,24-25,28-29H,8H2,1-4H3/t9-,12+,13-,17-,22+/m0/s1. The fourth-order valence-corrected chi connectivity index (χ4v) is 5.44. The number of benzene rings is 1. The molecule has 1 aromatic carbocycles. The summed E-state index contributed by atoms with van der Waals surface area (Å²) in [6.45, 7) is 3.29. The largest absolute Gasteiger partial charge is 0.510 e. The number of hydrogen-bond acceptors (Lipinski definition) is 7. The van der Waals surface area contributed by atoms with Crippen molar-refractivity contribution >= 4 is 11.6 Å². The Balaban J connectivity index is 1.99. The maximum absolute atomic E-state index is 13.2. The number of Topliss-reactive ketones (excluding diaryl/α,β-unsaturated/α-hetero) is 2. The van der Waals surface area contributed by atoms with E-state index in [2.05, 4.69) is 0 Å². The predicted molar refractivity (Wildman–Crippen MR) is 105 cm³/mol. The second-order valence-electron chi connectivity index (χ2n) is 8.58. The van der Waals surface area contributed by atoms with E-state index in [9.17, 15) is 30.0 Å². The Morgan fingerprint density at radius 1 is 1.14 bits per heavy atom. The molecule has 0 aromatic heterocycles. The molecule has 7 heteroatoms. The van der Waals surface area contributed by atoms with E-state index in [0.717, 1.165) is 0 Å². The normalized spacial score (nSPS) is 34.3. The van der Waals surface area contributed by atoms with E-state index in [4.69, 9.17) is 0 Å². The number of carbonyl (C=O) groups is 2. The van der Waals surface area contributed by atoms with Crippen LogP contribution in [0.3, 0.4) is 0 Å². The summed E-state index contributed by atoms with van der Waals surface area (Å²) >= 11 is 0. The number of phenolic OH excluding ortho intramolecular Hbond substituents is 1. The first-order valence-corrected chi connectivity index (χ1v) is 9.66.